The third-order valence-corrected chi connectivity index (χ3v) is 5.32. The summed E-state index contributed by atoms with van der Waals surface area (Å²) >= 11 is 0. The number of likely N-dealkylation sites (tertiary alicyclic amines) is 1. The number of unbranched alkanes of at least 4 members (excludes halogenated alkanes) is 1. The number of methoxy groups -OCH3 is 1. The largest absolute Gasteiger partial charge is 0.496 e. The van der Waals surface area contributed by atoms with Gasteiger partial charge in [0.15, 0.2) is 0 Å². The van der Waals surface area contributed by atoms with Gasteiger partial charge in [-0.2, -0.15) is 0 Å². The third kappa shape index (κ3) is 2.60. The Hall–Kier alpha value is -1.97. The molecule has 4 nitrogen and oxygen atoms in total. The molecule has 1 N–H and O–H groups in total. The van der Waals surface area contributed by atoms with Gasteiger partial charge in [0, 0.05) is 23.0 Å². The third-order valence-electron chi connectivity index (χ3n) is 5.32. The van der Waals surface area contributed by atoms with E-state index in [0.717, 1.165) is 23.2 Å². The first-order chi connectivity index (χ1) is 11.0. The van der Waals surface area contributed by atoms with Gasteiger partial charge >= 0.3 is 0 Å². The van der Waals surface area contributed by atoms with Gasteiger partial charge in [0.25, 0.3) is 5.91 Å². The molecule has 1 aliphatic rings. The molecule has 3 rings (SSSR count). The van der Waals surface area contributed by atoms with Gasteiger partial charge in [-0.15, -0.1) is 0 Å². The van der Waals surface area contributed by atoms with Gasteiger partial charge in [0.2, 0.25) is 0 Å². The number of rotatable bonds is 5. The van der Waals surface area contributed by atoms with E-state index in [1.165, 1.54) is 19.3 Å². The van der Waals surface area contributed by atoms with Crippen molar-refractivity contribution >= 4 is 16.8 Å². The molecule has 1 aromatic carbocycles. The quantitative estimate of drug-likeness (QED) is 0.898. The lowest BCUT2D eigenvalue weighted by Gasteiger charge is -2.55. The fourth-order valence-corrected chi connectivity index (χ4v) is 3.59. The van der Waals surface area contributed by atoms with Gasteiger partial charge in [-0.05, 0) is 44.4 Å². The molecule has 1 fully saturated rings. The summed E-state index contributed by atoms with van der Waals surface area (Å²) in [6.45, 7) is 7.43. The Morgan fingerprint density at radius 1 is 1.43 bits per heavy atom. The SMILES string of the molecule is CCCCC1CN(C(=O)c2cc3c(OC)cccc3[nH]2)C1(C)C. The molecule has 0 spiro atoms. The molecule has 1 unspecified atom stereocenters. The second kappa shape index (κ2) is 5.91. The van der Waals surface area contributed by atoms with Crippen LogP contribution in [0.1, 0.15) is 50.5 Å². The van der Waals surface area contributed by atoms with E-state index in [0.29, 0.717) is 11.6 Å². The van der Waals surface area contributed by atoms with E-state index in [1.54, 1.807) is 7.11 Å². The lowest BCUT2D eigenvalue weighted by molar-refractivity contribution is -0.0383. The minimum absolute atomic E-state index is 0.0619. The van der Waals surface area contributed by atoms with E-state index in [9.17, 15) is 4.79 Å². The molecule has 1 aromatic heterocycles. The maximum atomic E-state index is 12.9. The van der Waals surface area contributed by atoms with Gasteiger partial charge in [-0.1, -0.05) is 25.8 Å². The average Bonchev–Trinajstić information content (AvgIpc) is 2.97. The summed E-state index contributed by atoms with van der Waals surface area (Å²) in [6.07, 6.45) is 3.65. The molecule has 1 saturated heterocycles. The van der Waals surface area contributed by atoms with Crippen molar-refractivity contribution < 1.29 is 9.53 Å². The zero-order valence-electron chi connectivity index (χ0n) is 14.5. The van der Waals surface area contributed by atoms with Crippen LogP contribution in [0.4, 0.5) is 0 Å². The minimum atomic E-state index is -0.0619. The van der Waals surface area contributed by atoms with Crippen molar-refractivity contribution in [2.45, 2.75) is 45.6 Å². The van der Waals surface area contributed by atoms with E-state index < -0.39 is 0 Å². The fourth-order valence-electron chi connectivity index (χ4n) is 3.59. The van der Waals surface area contributed by atoms with Crippen molar-refractivity contribution in [1.82, 2.24) is 9.88 Å². The molecule has 23 heavy (non-hydrogen) atoms. The molecule has 1 atom stereocenters. The Labute approximate surface area is 137 Å². The summed E-state index contributed by atoms with van der Waals surface area (Å²) in [6, 6.07) is 7.73. The zero-order valence-corrected chi connectivity index (χ0v) is 14.5. The van der Waals surface area contributed by atoms with Crippen LogP contribution in [0.5, 0.6) is 5.75 Å². The molecule has 4 heteroatoms. The average molecular weight is 314 g/mol. The molecule has 1 amide bonds. The number of hydrogen-bond acceptors (Lipinski definition) is 2. The zero-order chi connectivity index (χ0) is 16.6. The standard InChI is InChI=1S/C19H26N2O2/c1-5-6-8-13-12-21(19(13,2)3)18(22)16-11-14-15(20-16)9-7-10-17(14)23-4/h7,9-11,13,20H,5-6,8,12H2,1-4H3. The van der Waals surface area contributed by atoms with Crippen molar-refractivity contribution in [2.75, 3.05) is 13.7 Å². The number of benzene rings is 1. The smallest absolute Gasteiger partial charge is 0.270 e. The predicted octanol–water partition coefficient (Wildman–Crippen LogP) is 4.22. The first-order valence-electron chi connectivity index (χ1n) is 8.46. The summed E-state index contributed by atoms with van der Waals surface area (Å²) in [4.78, 5) is 18.1. The van der Waals surface area contributed by atoms with Crippen LogP contribution < -0.4 is 4.74 Å². The van der Waals surface area contributed by atoms with Crippen LogP contribution in [-0.4, -0.2) is 35.0 Å². The second-order valence-corrected chi connectivity index (χ2v) is 7.01. The highest BCUT2D eigenvalue weighted by molar-refractivity contribution is 6.00. The van der Waals surface area contributed by atoms with Crippen molar-refractivity contribution in [3.63, 3.8) is 0 Å². The Morgan fingerprint density at radius 3 is 2.87 bits per heavy atom. The molecule has 0 bridgehead atoms. The van der Waals surface area contributed by atoms with Crippen LogP contribution in [0.15, 0.2) is 24.3 Å². The van der Waals surface area contributed by atoms with Gasteiger partial charge in [0.1, 0.15) is 11.4 Å². The number of amides is 1. The summed E-state index contributed by atoms with van der Waals surface area (Å²) in [5.74, 6) is 1.48. The summed E-state index contributed by atoms with van der Waals surface area (Å²) in [5, 5.41) is 0.958. The van der Waals surface area contributed by atoms with Crippen LogP contribution in [-0.2, 0) is 0 Å². The highest BCUT2D eigenvalue weighted by Crippen LogP contribution is 2.40. The Kier molecular flexibility index (Phi) is 4.09. The summed E-state index contributed by atoms with van der Waals surface area (Å²) < 4.78 is 5.38. The Bertz CT molecular complexity index is 717. The van der Waals surface area contributed by atoms with E-state index in [2.05, 4.69) is 25.8 Å². The number of carbonyl (C=O) groups is 1. The molecule has 0 saturated carbocycles. The molecular formula is C19H26N2O2. The number of carbonyl (C=O) groups excluding carboxylic acids is 1. The van der Waals surface area contributed by atoms with Gasteiger partial charge in [-0.3, -0.25) is 4.79 Å². The molecule has 1 aliphatic heterocycles. The molecule has 0 radical (unpaired) electrons. The number of ether oxygens (including phenoxy) is 1. The number of H-pyrrole nitrogens is 1. The lowest BCUT2D eigenvalue weighted by Crippen LogP contribution is -2.65. The molecule has 0 aliphatic carbocycles. The normalized spacial score (nSPS) is 19.7. The number of aromatic nitrogens is 1. The second-order valence-electron chi connectivity index (χ2n) is 7.01. The van der Waals surface area contributed by atoms with E-state index in [1.807, 2.05) is 29.2 Å². The van der Waals surface area contributed by atoms with Crippen LogP contribution >= 0.6 is 0 Å². The highest BCUT2D eigenvalue weighted by Gasteiger charge is 2.48. The van der Waals surface area contributed by atoms with Crippen LogP contribution in [0.25, 0.3) is 10.9 Å². The minimum Gasteiger partial charge on any atom is -0.496 e. The Balaban J connectivity index is 1.82. The van der Waals surface area contributed by atoms with Crippen molar-refractivity contribution in [3.8, 4) is 5.75 Å². The van der Waals surface area contributed by atoms with E-state index in [4.69, 9.17) is 4.74 Å². The first-order valence-corrected chi connectivity index (χ1v) is 8.46. The maximum Gasteiger partial charge on any atom is 0.270 e. The number of aromatic amines is 1. The predicted molar refractivity (Wildman–Crippen MR) is 93.0 cm³/mol. The highest BCUT2D eigenvalue weighted by atomic mass is 16.5. The topological polar surface area (TPSA) is 45.3 Å². The first kappa shape index (κ1) is 15.9. The van der Waals surface area contributed by atoms with Gasteiger partial charge in [0.05, 0.1) is 7.11 Å². The van der Waals surface area contributed by atoms with Crippen LogP contribution in [0.3, 0.4) is 0 Å². The Morgan fingerprint density at radius 2 is 2.22 bits per heavy atom. The van der Waals surface area contributed by atoms with Crippen molar-refractivity contribution in [1.29, 1.82) is 0 Å². The monoisotopic (exact) mass is 314 g/mol. The van der Waals surface area contributed by atoms with Gasteiger partial charge < -0.3 is 14.6 Å². The van der Waals surface area contributed by atoms with Crippen molar-refractivity contribution in [2.24, 2.45) is 5.92 Å². The maximum absolute atomic E-state index is 12.9. The lowest BCUT2D eigenvalue weighted by atomic mass is 9.74. The summed E-state index contributed by atoms with van der Waals surface area (Å²) in [5.41, 5.74) is 1.52. The van der Waals surface area contributed by atoms with E-state index in [-0.39, 0.29) is 11.4 Å². The molecule has 2 heterocycles. The van der Waals surface area contributed by atoms with Crippen LogP contribution in [0.2, 0.25) is 0 Å². The number of nitrogens with one attached hydrogen (secondary N) is 1. The number of fused-ring (bicyclic) bond motifs is 1. The van der Waals surface area contributed by atoms with E-state index >= 15 is 0 Å². The number of hydrogen-bond donors (Lipinski definition) is 1. The summed E-state index contributed by atoms with van der Waals surface area (Å²) in [7, 11) is 1.65. The van der Waals surface area contributed by atoms with Gasteiger partial charge in [-0.25, -0.2) is 0 Å². The fraction of sp³-hybridized carbons (Fsp3) is 0.526. The molecule has 124 valence electrons. The van der Waals surface area contributed by atoms with Crippen molar-refractivity contribution in [3.05, 3.63) is 30.0 Å². The molecule has 2 aromatic rings. The van der Waals surface area contributed by atoms with Crippen LogP contribution in [0, 0.1) is 5.92 Å². The molecular weight excluding hydrogens is 288 g/mol. The number of nitrogens with zero attached hydrogens (tertiary/aromatic N) is 1.